The predicted molar refractivity (Wildman–Crippen MR) is 44.9 cm³/mol. The molecule has 10 heavy (non-hydrogen) atoms. The fraction of sp³-hybridized carbons (Fsp3) is 0.750. The molecule has 1 aliphatic heterocycles. The first-order chi connectivity index (χ1) is 4.84. The molecule has 0 bridgehead atoms. The molecule has 0 radical (unpaired) electrons. The van der Waals surface area contributed by atoms with E-state index >= 15 is 0 Å². The van der Waals surface area contributed by atoms with Crippen LogP contribution in [-0.4, -0.2) is 22.2 Å². The van der Waals surface area contributed by atoms with Gasteiger partial charge in [-0.1, -0.05) is 0 Å². The molecule has 1 aliphatic rings. The molecular formula is C8H12OS. The molecule has 0 aromatic rings. The van der Waals surface area contributed by atoms with Crippen molar-refractivity contribution in [2.45, 2.75) is 30.6 Å². The highest BCUT2D eigenvalue weighted by Crippen LogP contribution is 2.29. The highest BCUT2D eigenvalue weighted by atomic mass is 32.2. The van der Waals surface area contributed by atoms with Gasteiger partial charge in [0, 0.05) is 11.7 Å². The second kappa shape index (κ2) is 3.90. The van der Waals surface area contributed by atoms with Gasteiger partial charge in [0.15, 0.2) is 0 Å². The molecule has 56 valence electrons. The normalized spacial score (nSPS) is 27.8. The summed E-state index contributed by atoms with van der Waals surface area (Å²) in [5, 5.41) is 9.80. The third kappa shape index (κ3) is 1.93. The average Bonchev–Trinajstić information content (AvgIpc) is 2.38. The van der Waals surface area contributed by atoms with Crippen molar-refractivity contribution < 1.29 is 5.11 Å². The first-order valence-electron chi connectivity index (χ1n) is 3.57. The Morgan fingerprint density at radius 2 is 2.60 bits per heavy atom. The third-order valence-corrected chi connectivity index (χ3v) is 3.22. The molecule has 2 atom stereocenters. The molecule has 1 fully saturated rings. The van der Waals surface area contributed by atoms with Crippen LogP contribution in [0, 0.1) is 12.3 Å². The Morgan fingerprint density at radius 1 is 1.80 bits per heavy atom. The van der Waals surface area contributed by atoms with Gasteiger partial charge in [-0.15, -0.1) is 12.3 Å². The molecule has 0 aromatic heterocycles. The molecule has 0 aromatic carbocycles. The van der Waals surface area contributed by atoms with Crippen LogP contribution in [0.3, 0.4) is 0 Å². The highest BCUT2D eigenvalue weighted by Gasteiger charge is 2.22. The van der Waals surface area contributed by atoms with Crippen LogP contribution < -0.4 is 0 Å². The van der Waals surface area contributed by atoms with Gasteiger partial charge >= 0.3 is 0 Å². The quantitative estimate of drug-likeness (QED) is 0.607. The van der Waals surface area contributed by atoms with Crippen LogP contribution in [0.4, 0.5) is 0 Å². The molecule has 1 N–H and O–H groups in total. The Hall–Kier alpha value is -0.130. The van der Waals surface area contributed by atoms with Crippen molar-refractivity contribution in [3.63, 3.8) is 0 Å². The Labute approximate surface area is 66.2 Å². The van der Waals surface area contributed by atoms with Crippen LogP contribution in [0.15, 0.2) is 0 Å². The molecule has 0 saturated carbocycles. The Bertz CT molecular complexity index is 133. The smallest absolute Gasteiger partial charge is 0.0767 e. The second-order valence-corrected chi connectivity index (χ2v) is 3.87. The number of aliphatic hydroxyl groups excluding tert-OH is 1. The summed E-state index contributed by atoms with van der Waals surface area (Å²) in [5.41, 5.74) is 0. The second-order valence-electron chi connectivity index (χ2n) is 2.53. The summed E-state index contributed by atoms with van der Waals surface area (Å²) in [6.45, 7) is 0. The van der Waals surface area contributed by atoms with Crippen molar-refractivity contribution in [3.8, 4) is 12.3 Å². The Balaban J connectivity index is 2.26. The maximum atomic E-state index is 9.39. The number of aliphatic hydroxyl groups is 1. The lowest BCUT2D eigenvalue weighted by atomic mass is 10.1. The maximum Gasteiger partial charge on any atom is 0.0767 e. The van der Waals surface area contributed by atoms with Gasteiger partial charge < -0.3 is 5.11 Å². The minimum Gasteiger partial charge on any atom is -0.391 e. The zero-order chi connectivity index (χ0) is 7.40. The molecular weight excluding hydrogens is 144 g/mol. The molecule has 1 rings (SSSR count). The van der Waals surface area contributed by atoms with Crippen LogP contribution in [0.5, 0.6) is 0 Å². The standard InChI is InChI=1S/C8H12OS/c1-2-4-7(9)8-5-3-6-10-8/h1,7-9H,3-6H2. The number of hydrogen-bond donors (Lipinski definition) is 1. The molecule has 0 amide bonds. The summed E-state index contributed by atoms with van der Waals surface area (Å²) in [6.07, 6.45) is 7.69. The van der Waals surface area contributed by atoms with Crippen molar-refractivity contribution in [2.24, 2.45) is 0 Å². The van der Waals surface area contributed by atoms with Gasteiger partial charge in [0.2, 0.25) is 0 Å². The molecule has 1 nitrogen and oxygen atoms in total. The monoisotopic (exact) mass is 156 g/mol. The summed E-state index contributed by atoms with van der Waals surface area (Å²) in [4.78, 5) is 0. The fourth-order valence-corrected chi connectivity index (χ4v) is 2.45. The van der Waals surface area contributed by atoms with Crippen LogP contribution in [0.2, 0.25) is 0 Å². The molecule has 1 heterocycles. The van der Waals surface area contributed by atoms with Crippen molar-refractivity contribution in [1.82, 2.24) is 0 Å². The van der Waals surface area contributed by atoms with Crippen LogP contribution in [-0.2, 0) is 0 Å². The zero-order valence-corrected chi connectivity index (χ0v) is 6.73. The lowest BCUT2D eigenvalue weighted by molar-refractivity contribution is 0.175. The van der Waals surface area contributed by atoms with Crippen molar-refractivity contribution in [2.75, 3.05) is 5.75 Å². The van der Waals surface area contributed by atoms with Crippen LogP contribution in [0.1, 0.15) is 19.3 Å². The first-order valence-corrected chi connectivity index (χ1v) is 4.62. The fourth-order valence-electron chi connectivity index (χ4n) is 1.16. The number of terminal acetylenes is 1. The molecule has 0 spiro atoms. The average molecular weight is 156 g/mol. The van der Waals surface area contributed by atoms with E-state index in [-0.39, 0.29) is 6.10 Å². The number of thioether (sulfide) groups is 1. The van der Waals surface area contributed by atoms with Crippen molar-refractivity contribution >= 4 is 11.8 Å². The Kier molecular flexibility index (Phi) is 3.11. The predicted octanol–water partition coefficient (Wildman–Crippen LogP) is 1.27. The maximum absolute atomic E-state index is 9.39. The van der Waals surface area contributed by atoms with E-state index in [0.29, 0.717) is 11.7 Å². The highest BCUT2D eigenvalue weighted by molar-refractivity contribution is 8.00. The van der Waals surface area contributed by atoms with Gasteiger partial charge in [0.05, 0.1) is 6.10 Å². The largest absolute Gasteiger partial charge is 0.391 e. The van der Waals surface area contributed by atoms with Crippen LogP contribution in [0.25, 0.3) is 0 Å². The van der Waals surface area contributed by atoms with E-state index in [9.17, 15) is 5.11 Å². The van der Waals surface area contributed by atoms with E-state index in [0.717, 1.165) is 6.42 Å². The molecule has 1 saturated heterocycles. The van der Waals surface area contributed by atoms with Gasteiger partial charge in [-0.25, -0.2) is 0 Å². The molecule has 0 aliphatic carbocycles. The topological polar surface area (TPSA) is 20.2 Å². The summed E-state index contributed by atoms with van der Waals surface area (Å²) in [7, 11) is 0. The van der Waals surface area contributed by atoms with Crippen molar-refractivity contribution in [1.29, 1.82) is 0 Å². The molecule has 2 unspecified atom stereocenters. The van der Waals surface area contributed by atoms with E-state index in [1.165, 1.54) is 12.2 Å². The van der Waals surface area contributed by atoms with E-state index in [2.05, 4.69) is 5.92 Å². The third-order valence-electron chi connectivity index (χ3n) is 1.72. The summed E-state index contributed by atoms with van der Waals surface area (Å²) in [5.74, 6) is 3.67. The molecule has 2 heteroatoms. The lowest BCUT2D eigenvalue weighted by Gasteiger charge is -2.13. The van der Waals surface area contributed by atoms with Crippen molar-refractivity contribution in [3.05, 3.63) is 0 Å². The summed E-state index contributed by atoms with van der Waals surface area (Å²) >= 11 is 1.84. The van der Waals surface area contributed by atoms with Gasteiger partial charge in [-0.05, 0) is 18.6 Å². The minimum absolute atomic E-state index is 0.266. The van der Waals surface area contributed by atoms with Crippen LogP contribution >= 0.6 is 11.8 Å². The number of rotatable bonds is 2. The lowest BCUT2D eigenvalue weighted by Crippen LogP contribution is -2.19. The van der Waals surface area contributed by atoms with E-state index in [1.54, 1.807) is 0 Å². The van der Waals surface area contributed by atoms with Gasteiger partial charge in [-0.3, -0.25) is 0 Å². The van der Waals surface area contributed by atoms with Gasteiger partial charge in [0.25, 0.3) is 0 Å². The first kappa shape index (κ1) is 7.97. The SMILES string of the molecule is C#CCC(O)C1CCCS1. The summed E-state index contributed by atoms with van der Waals surface area (Å²) in [6, 6.07) is 0. The number of hydrogen-bond acceptors (Lipinski definition) is 2. The Morgan fingerprint density at radius 3 is 3.10 bits per heavy atom. The minimum atomic E-state index is -0.266. The van der Waals surface area contributed by atoms with E-state index in [4.69, 9.17) is 6.42 Å². The van der Waals surface area contributed by atoms with E-state index < -0.39 is 0 Å². The van der Waals surface area contributed by atoms with E-state index in [1.807, 2.05) is 11.8 Å². The summed E-state index contributed by atoms with van der Waals surface area (Å²) < 4.78 is 0. The zero-order valence-electron chi connectivity index (χ0n) is 5.92. The van der Waals surface area contributed by atoms with Gasteiger partial charge in [-0.2, -0.15) is 11.8 Å². The van der Waals surface area contributed by atoms with Gasteiger partial charge in [0.1, 0.15) is 0 Å².